The van der Waals surface area contributed by atoms with Crippen LogP contribution in [0.15, 0.2) is 20.0 Å². The first-order chi connectivity index (χ1) is 6.87. The molecular weight excluding hydrogens is 256 g/mol. The Morgan fingerprint density at radius 2 is 1.80 bits per heavy atom. The first-order valence-electron chi connectivity index (χ1n) is 4.07. The topological polar surface area (TPSA) is 71.4 Å². The highest BCUT2D eigenvalue weighted by molar-refractivity contribution is 8.28. The van der Waals surface area contributed by atoms with Gasteiger partial charge in [-0.1, -0.05) is 23.5 Å². The predicted molar refractivity (Wildman–Crippen MR) is 63.0 cm³/mol. The summed E-state index contributed by atoms with van der Waals surface area (Å²) in [5, 5.41) is 11.5. The molecule has 0 radical (unpaired) electrons. The first kappa shape index (κ1) is 12.7. The van der Waals surface area contributed by atoms with Crippen molar-refractivity contribution in [1.82, 2.24) is 0 Å². The minimum Gasteiger partial charge on any atom is -0.477 e. The quantitative estimate of drug-likeness (QED) is 0.788. The first-order valence-corrected chi connectivity index (χ1v) is 7.37. The summed E-state index contributed by atoms with van der Waals surface area (Å²) >= 11 is 2.25. The molecule has 0 aromatic carbocycles. The second-order valence-electron chi connectivity index (χ2n) is 3.02. The summed E-state index contributed by atoms with van der Waals surface area (Å²) in [6.45, 7) is 2.94. The van der Waals surface area contributed by atoms with Crippen LogP contribution in [0, 0.1) is 0 Å². The molecule has 1 rings (SSSR count). The molecule has 4 nitrogen and oxygen atoms in total. The van der Waals surface area contributed by atoms with Gasteiger partial charge in [-0.25, -0.2) is 13.2 Å². The van der Waals surface area contributed by atoms with Crippen LogP contribution in [0.4, 0.5) is 0 Å². The van der Waals surface area contributed by atoms with Crippen molar-refractivity contribution >= 4 is 39.3 Å². The highest BCUT2D eigenvalue weighted by Crippen LogP contribution is 2.41. The Hall–Kier alpha value is -0.400. The van der Waals surface area contributed by atoms with E-state index in [-0.39, 0.29) is 0 Å². The van der Waals surface area contributed by atoms with E-state index in [0.717, 1.165) is 23.5 Å². The van der Waals surface area contributed by atoms with E-state index >= 15 is 0 Å². The predicted octanol–water partition coefficient (Wildman–Crippen LogP) is 2.01. The van der Waals surface area contributed by atoms with Crippen LogP contribution < -0.4 is 0 Å². The Morgan fingerprint density at radius 1 is 1.33 bits per heavy atom. The SMILES string of the molecule is CC(C)S(=O)(=O)C(C(=O)O)=C1SC=CS1. The molecule has 15 heavy (non-hydrogen) atoms. The molecule has 0 bridgehead atoms. The molecule has 1 N–H and O–H groups in total. The normalized spacial score (nSPS) is 16.1. The number of sulfone groups is 1. The molecule has 0 fully saturated rings. The maximum Gasteiger partial charge on any atom is 0.349 e. The van der Waals surface area contributed by atoms with Gasteiger partial charge < -0.3 is 5.11 Å². The van der Waals surface area contributed by atoms with E-state index in [9.17, 15) is 13.2 Å². The van der Waals surface area contributed by atoms with Gasteiger partial charge in [-0.15, -0.1) is 0 Å². The lowest BCUT2D eigenvalue weighted by atomic mass is 10.6. The summed E-state index contributed by atoms with van der Waals surface area (Å²) in [4.78, 5) is 10.5. The van der Waals surface area contributed by atoms with Crippen molar-refractivity contribution in [1.29, 1.82) is 0 Å². The molecule has 1 aliphatic heterocycles. The summed E-state index contributed by atoms with van der Waals surface area (Å²) in [6, 6.07) is 0. The van der Waals surface area contributed by atoms with Crippen molar-refractivity contribution in [3.63, 3.8) is 0 Å². The zero-order valence-corrected chi connectivity index (χ0v) is 10.6. The zero-order valence-electron chi connectivity index (χ0n) is 8.13. The van der Waals surface area contributed by atoms with E-state index in [2.05, 4.69) is 0 Å². The second-order valence-corrected chi connectivity index (χ2v) is 7.56. The van der Waals surface area contributed by atoms with Crippen LogP contribution in [-0.4, -0.2) is 24.7 Å². The molecule has 7 heteroatoms. The van der Waals surface area contributed by atoms with Crippen LogP contribution in [0.5, 0.6) is 0 Å². The molecule has 0 unspecified atom stereocenters. The number of thioether (sulfide) groups is 2. The molecule has 84 valence electrons. The molecule has 1 heterocycles. The van der Waals surface area contributed by atoms with Gasteiger partial charge in [-0.3, -0.25) is 0 Å². The van der Waals surface area contributed by atoms with Gasteiger partial charge in [0.25, 0.3) is 0 Å². The largest absolute Gasteiger partial charge is 0.477 e. The van der Waals surface area contributed by atoms with Crippen LogP contribution >= 0.6 is 23.5 Å². The number of aliphatic carboxylic acids is 1. The van der Waals surface area contributed by atoms with Crippen molar-refractivity contribution < 1.29 is 18.3 Å². The third-order valence-electron chi connectivity index (χ3n) is 1.69. The van der Waals surface area contributed by atoms with Gasteiger partial charge in [0, 0.05) is 0 Å². The third-order valence-corrected chi connectivity index (χ3v) is 6.27. The molecule has 0 amide bonds. The lowest BCUT2D eigenvalue weighted by Crippen LogP contribution is -2.22. The smallest absolute Gasteiger partial charge is 0.349 e. The van der Waals surface area contributed by atoms with Crippen molar-refractivity contribution in [3.8, 4) is 0 Å². The molecular formula is C8H10O4S3. The van der Waals surface area contributed by atoms with Crippen LogP contribution in [0.3, 0.4) is 0 Å². The highest BCUT2D eigenvalue weighted by atomic mass is 32.2. The van der Waals surface area contributed by atoms with Gasteiger partial charge in [-0.2, -0.15) is 0 Å². The fourth-order valence-corrected chi connectivity index (χ4v) is 4.44. The molecule has 1 aliphatic rings. The number of carbonyl (C=O) groups is 1. The molecule has 0 aliphatic carbocycles. The third kappa shape index (κ3) is 2.59. The zero-order chi connectivity index (χ0) is 11.6. The molecule has 0 spiro atoms. The Balaban J connectivity index is 3.27. The summed E-state index contributed by atoms with van der Waals surface area (Å²) in [7, 11) is -3.72. The van der Waals surface area contributed by atoms with Crippen LogP contribution in [0.2, 0.25) is 0 Å². The summed E-state index contributed by atoms with van der Waals surface area (Å²) < 4.78 is 23.8. The van der Waals surface area contributed by atoms with Crippen molar-refractivity contribution in [2.45, 2.75) is 19.1 Å². The maximum atomic E-state index is 11.8. The van der Waals surface area contributed by atoms with E-state index in [0.29, 0.717) is 4.24 Å². The summed E-state index contributed by atoms with van der Waals surface area (Å²) in [5.41, 5.74) is 0. The monoisotopic (exact) mass is 266 g/mol. The Morgan fingerprint density at radius 3 is 2.13 bits per heavy atom. The Kier molecular flexibility index (Phi) is 3.91. The average Bonchev–Trinajstić information content (AvgIpc) is 2.55. The van der Waals surface area contributed by atoms with Gasteiger partial charge in [0.15, 0.2) is 14.7 Å². The molecule has 0 aromatic rings. The lowest BCUT2D eigenvalue weighted by Gasteiger charge is -2.10. The number of carboxylic acids is 1. The van der Waals surface area contributed by atoms with Gasteiger partial charge in [0.1, 0.15) is 0 Å². The fraction of sp³-hybridized carbons (Fsp3) is 0.375. The van der Waals surface area contributed by atoms with Crippen LogP contribution in [-0.2, 0) is 14.6 Å². The highest BCUT2D eigenvalue weighted by Gasteiger charge is 2.32. The minimum absolute atomic E-state index is 0.316. The molecule has 0 saturated heterocycles. The minimum atomic E-state index is -3.72. The van der Waals surface area contributed by atoms with E-state index in [1.165, 1.54) is 13.8 Å². The maximum absolute atomic E-state index is 11.8. The summed E-state index contributed by atoms with van der Waals surface area (Å²) in [6.07, 6.45) is 0. The van der Waals surface area contributed by atoms with Gasteiger partial charge in [0.2, 0.25) is 0 Å². The Labute approximate surface area is 96.7 Å². The lowest BCUT2D eigenvalue weighted by molar-refractivity contribution is -0.131. The summed E-state index contributed by atoms with van der Waals surface area (Å²) in [5.74, 6) is -1.39. The van der Waals surface area contributed by atoms with Gasteiger partial charge in [-0.05, 0) is 24.7 Å². The van der Waals surface area contributed by atoms with E-state index < -0.39 is 26.0 Å². The van der Waals surface area contributed by atoms with E-state index in [1.54, 1.807) is 10.8 Å². The standard InChI is InChI=1S/C8H10O4S3/c1-5(2)15(11,12)6(7(9)10)8-13-3-4-14-8/h3-5H,1-2H3,(H,9,10). The second kappa shape index (κ2) is 4.63. The number of hydrogen-bond donors (Lipinski definition) is 1. The van der Waals surface area contributed by atoms with Crippen LogP contribution in [0.1, 0.15) is 13.8 Å². The average molecular weight is 266 g/mol. The van der Waals surface area contributed by atoms with Crippen molar-refractivity contribution in [2.75, 3.05) is 0 Å². The van der Waals surface area contributed by atoms with Crippen molar-refractivity contribution in [2.24, 2.45) is 0 Å². The fourth-order valence-electron chi connectivity index (χ4n) is 0.875. The van der Waals surface area contributed by atoms with Gasteiger partial charge >= 0.3 is 5.97 Å². The van der Waals surface area contributed by atoms with Gasteiger partial charge in [0.05, 0.1) is 9.49 Å². The number of carboxylic acid groups (broad SMARTS) is 1. The van der Waals surface area contributed by atoms with Crippen molar-refractivity contribution in [3.05, 3.63) is 20.0 Å². The van der Waals surface area contributed by atoms with E-state index in [1.807, 2.05) is 0 Å². The molecule has 0 saturated carbocycles. The molecule has 0 atom stereocenters. The number of hydrogen-bond acceptors (Lipinski definition) is 5. The van der Waals surface area contributed by atoms with E-state index in [4.69, 9.17) is 5.11 Å². The number of rotatable bonds is 3. The Bertz CT molecular complexity index is 421. The van der Waals surface area contributed by atoms with Crippen LogP contribution in [0.25, 0.3) is 0 Å². The molecule has 0 aromatic heterocycles.